The smallest absolute Gasteiger partial charge is 0.334 e. The number of carbonyl (C=O) groups excluding carboxylic acids is 1. The summed E-state index contributed by atoms with van der Waals surface area (Å²) in [5.41, 5.74) is -0.308. The van der Waals surface area contributed by atoms with Gasteiger partial charge in [-0.1, -0.05) is 12.6 Å². The van der Waals surface area contributed by atoms with Crippen LogP contribution in [0.15, 0.2) is 0 Å². The Morgan fingerprint density at radius 2 is 1.56 bits per heavy atom. The van der Waals surface area contributed by atoms with E-state index >= 15 is 0 Å². The van der Waals surface area contributed by atoms with Crippen molar-refractivity contribution in [2.45, 2.75) is 49.3 Å². The average molecular weight is 275 g/mol. The summed E-state index contributed by atoms with van der Waals surface area (Å²) >= 11 is 3.13. The number of nitrogens with zero attached hydrogens (tertiary/aromatic N) is 1. The van der Waals surface area contributed by atoms with Gasteiger partial charge in [-0.15, -0.1) is 0 Å². The van der Waals surface area contributed by atoms with Crippen LogP contribution in [-0.2, 0) is 4.79 Å². The summed E-state index contributed by atoms with van der Waals surface area (Å²) in [6, 6.07) is 0. The molecule has 0 aromatic rings. The van der Waals surface area contributed by atoms with Gasteiger partial charge in [-0.05, 0) is 56.3 Å². The van der Waals surface area contributed by atoms with E-state index in [1.54, 1.807) is 7.05 Å². The first-order chi connectivity index (χ1) is 8.30. The van der Waals surface area contributed by atoms with Crippen LogP contribution in [0, 0.1) is 17.8 Å². The number of halogens is 2. The molecule has 5 heteroatoms. The normalized spacial score (nSPS) is 42.1. The van der Waals surface area contributed by atoms with Crippen molar-refractivity contribution in [2.24, 2.45) is 17.8 Å². The molecule has 0 N–H and O–H groups in total. The Kier molecular flexibility index (Phi) is 2.71. The molecule has 0 heterocycles. The third kappa shape index (κ3) is 1.86. The van der Waals surface area contributed by atoms with Crippen LogP contribution in [0.25, 0.3) is 0 Å². The zero-order valence-corrected chi connectivity index (χ0v) is 11.4. The number of thiol groups is 1. The summed E-state index contributed by atoms with van der Waals surface area (Å²) in [6.45, 7) is 0. The zero-order valence-electron chi connectivity index (χ0n) is 10.5. The maximum Gasteiger partial charge on any atom is 0.368 e. The lowest BCUT2D eigenvalue weighted by Gasteiger charge is -2.59. The van der Waals surface area contributed by atoms with E-state index in [9.17, 15) is 13.6 Å². The molecule has 102 valence electrons. The second-order valence-corrected chi connectivity index (χ2v) is 7.11. The summed E-state index contributed by atoms with van der Waals surface area (Å²) in [4.78, 5) is 13.1. The lowest BCUT2D eigenvalue weighted by molar-refractivity contribution is -0.161. The molecule has 0 aromatic carbocycles. The Labute approximate surface area is 112 Å². The van der Waals surface area contributed by atoms with Crippen molar-refractivity contribution >= 4 is 18.5 Å². The average Bonchev–Trinajstić information content (AvgIpc) is 2.23. The topological polar surface area (TPSA) is 20.3 Å². The Balaban J connectivity index is 1.85. The van der Waals surface area contributed by atoms with Crippen molar-refractivity contribution in [3.63, 3.8) is 0 Å². The van der Waals surface area contributed by atoms with Gasteiger partial charge in [0.1, 0.15) is 0 Å². The molecule has 0 radical (unpaired) electrons. The molecule has 4 aliphatic carbocycles. The van der Waals surface area contributed by atoms with E-state index in [4.69, 9.17) is 0 Å². The highest BCUT2D eigenvalue weighted by molar-refractivity contribution is 7.82. The van der Waals surface area contributed by atoms with Gasteiger partial charge in [-0.2, -0.15) is 8.78 Å². The number of carbonyl (C=O) groups is 1. The third-order valence-corrected chi connectivity index (χ3v) is 5.47. The molecule has 0 aliphatic heterocycles. The van der Waals surface area contributed by atoms with E-state index in [1.165, 1.54) is 24.2 Å². The van der Waals surface area contributed by atoms with Gasteiger partial charge >= 0.3 is 11.2 Å². The fourth-order valence-corrected chi connectivity index (χ4v) is 5.04. The predicted octanol–water partition coefficient (Wildman–Crippen LogP) is 2.94. The SMILES string of the molecule is CN(C(=O)C(F)(F)S)C12CC3CC(CC(C3)C1)C2. The summed E-state index contributed by atoms with van der Waals surface area (Å²) in [5, 5.41) is -3.54. The largest absolute Gasteiger partial charge is 0.368 e. The molecule has 18 heavy (non-hydrogen) atoms. The fraction of sp³-hybridized carbons (Fsp3) is 0.923. The monoisotopic (exact) mass is 275 g/mol. The van der Waals surface area contributed by atoms with Crippen molar-refractivity contribution in [1.82, 2.24) is 4.90 Å². The summed E-state index contributed by atoms with van der Waals surface area (Å²) in [6.07, 6.45) is 6.43. The summed E-state index contributed by atoms with van der Waals surface area (Å²) in [5.74, 6) is 0.785. The van der Waals surface area contributed by atoms with Crippen LogP contribution >= 0.6 is 12.6 Å². The van der Waals surface area contributed by atoms with Crippen LogP contribution in [0.5, 0.6) is 0 Å². The molecule has 0 spiro atoms. The van der Waals surface area contributed by atoms with Crippen LogP contribution in [0.3, 0.4) is 0 Å². The Hall–Kier alpha value is -0.320. The van der Waals surface area contributed by atoms with Crippen molar-refractivity contribution in [3.05, 3.63) is 0 Å². The molecule has 4 saturated carbocycles. The summed E-state index contributed by atoms with van der Waals surface area (Å²) < 4.78 is 26.2. The lowest BCUT2D eigenvalue weighted by Crippen LogP contribution is -2.62. The van der Waals surface area contributed by atoms with Crippen LogP contribution in [0.4, 0.5) is 8.78 Å². The Morgan fingerprint density at radius 3 is 1.89 bits per heavy atom. The molecule has 0 saturated heterocycles. The van der Waals surface area contributed by atoms with E-state index in [0.29, 0.717) is 17.8 Å². The molecular formula is C13H19F2NOS. The third-order valence-electron chi connectivity index (χ3n) is 5.28. The molecule has 0 aromatic heterocycles. The minimum Gasteiger partial charge on any atom is -0.334 e. The first-order valence-electron chi connectivity index (χ1n) is 6.69. The first kappa shape index (κ1) is 12.7. The Morgan fingerprint density at radius 1 is 1.17 bits per heavy atom. The molecular weight excluding hydrogens is 256 g/mol. The molecule has 4 aliphatic rings. The van der Waals surface area contributed by atoms with E-state index in [0.717, 1.165) is 19.3 Å². The van der Waals surface area contributed by atoms with E-state index in [2.05, 4.69) is 12.6 Å². The van der Waals surface area contributed by atoms with Crippen molar-refractivity contribution < 1.29 is 13.6 Å². The van der Waals surface area contributed by atoms with Gasteiger partial charge in [0.15, 0.2) is 0 Å². The summed E-state index contributed by atoms with van der Waals surface area (Å²) in [7, 11) is 1.54. The van der Waals surface area contributed by atoms with Gasteiger partial charge < -0.3 is 4.90 Å². The van der Waals surface area contributed by atoms with Crippen LogP contribution in [0.1, 0.15) is 38.5 Å². The van der Waals surface area contributed by atoms with Gasteiger partial charge in [-0.3, -0.25) is 4.79 Å². The van der Waals surface area contributed by atoms with Gasteiger partial charge in [0, 0.05) is 12.6 Å². The molecule has 1 amide bonds. The second kappa shape index (κ2) is 3.84. The molecule has 4 rings (SSSR count). The van der Waals surface area contributed by atoms with Crippen LogP contribution in [-0.4, -0.2) is 28.6 Å². The number of hydrogen-bond donors (Lipinski definition) is 1. The minimum atomic E-state index is -3.54. The molecule has 0 atom stereocenters. The Bertz CT molecular complexity index is 344. The van der Waals surface area contributed by atoms with Gasteiger partial charge in [0.2, 0.25) is 0 Å². The molecule has 2 nitrogen and oxygen atoms in total. The number of alkyl halides is 2. The van der Waals surface area contributed by atoms with E-state index in [-0.39, 0.29) is 5.54 Å². The molecule has 4 fully saturated rings. The second-order valence-electron chi connectivity index (χ2n) is 6.55. The number of hydrogen-bond acceptors (Lipinski definition) is 2. The highest BCUT2D eigenvalue weighted by atomic mass is 32.1. The van der Waals surface area contributed by atoms with Gasteiger partial charge in [0.05, 0.1) is 0 Å². The van der Waals surface area contributed by atoms with Crippen LogP contribution in [0.2, 0.25) is 0 Å². The molecule has 0 unspecified atom stereocenters. The quantitative estimate of drug-likeness (QED) is 0.768. The number of amides is 1. The van der Waals surface area contributed by atoms with Gasteiger partial charge in [0.25, 0.3) is 0 Å². The van der Waals surface area contributed by atoms with Crippen molar-refractivity contribution in [2.75, 3.05) is 7.05 Å². The highest BCUT2D eigenvalue weighted by Crippen LogP contribution is 2.57. The molecule has 4 bridgehead atoms. The van der Waals surface area contributed by atoms with E-state index in [1.807, 2.05) is 0 Å². The maximum atomic E-state index is 13.1. The van der Waals surface area contributed by atoms with Crippen molar-refractivity contribution in [1.29, 1.82) is 0 Å². The predicted molar refractivity (Wildman–Crippen MR) is 67.6 cm³/mol. The fourth-order valence-electron chi connectivity index (χ4n) is 4.89. The van der Waals surface area contributed by atoms with E-state index < -0.39 is 11.2 Å². The zero-order chi connectivity index (χ0) is 13.1. The highest BCUT2D eigenvalue weighted by Gasteiger charge is 2.55. The van der Waals surface area contributed by atoms with Gasteiger partial charge in [-0.25, -0.2) is 0 Å². The standard InChI is InChI=1S/C13H19F2NOS/c1-16(11(17)13(14,15)18)12-5-8-2-9(6-12)4-10(3-8)7-12/h8-10,18H,2-7H2,1H3. The minimum absolute atomic E-state index is 0.308. The maximum absolute atomic E-state index is 13.1. The lowest BCUT2D eigenvalue weighted by atomic mass is 9.52. The van der Waals surface area contributed by atoms with Crippen molar-refractivity contribution in [3.8, 4) is 0 Å². The number of rotatable bonds is 2. The first-order valence-corrected chi connectivity index (χ1v) is 7.13. The van der Waals surface area contributed by atoms with Crippen LogP contribution < -0.4 is 0 Å².